The third-order valence-electron chi connectivity index (χ3n) is 13.2. The molecule has 6 heteroatoms. The summed E-state index contributed by atoms with van der Waals surface area (Å²) in [6.45, 7) is 15.5. The van der Waals surface area contributed by atoms with Crippen LogP contribution in [0.25, 0.3) is 0 Å². The molecule has 0 saturated heterocycles. The number of ether oxygens (including phenoxy) is 3. The summed E-state index contributed by atoms with van der Waals surface area (Å²) in [6, 6.07) is 0. The topological polar surface area (TPSA) is 78.9 Å². The van der Waals surface area contributed by atoms with Crippen molar-refractivity contribution in [3.05, 3.63) is 0 Å². The fourth-order valence-corrected chi connectivity index (χ4v) is 10.4. The van der Waals surface area contributed by atoms with Gasteiger partial charge in [-0.25, -0.2) is 4.79 Å². The molecule has 0 amide bonds. The summed E-state index contributed by atoms with van der Waals surface area (Å²) in [7, 11) is 0. The van der Waals surface area contributed by atoms with E-state index in [1.807, 2.05) is 34.6 Å². The quantitative estimate of drug-likeness (QED) is 0.195. The SMILES string of the molecule is CCC(C)(C)C(=O)OC12CC3CC(CC(C3)C1)C2.CCC(C)(C)C(=O)OCC(=O)OC(C)(C)C12CC3CC(CC(C3)C1)C2. The molecule has 0 atom stereocenters. The molecule has 244 valence electrons. The molecule has 6 nitrogen and oxygen atoms in total. The molecule has 8 aliphatic carbocycles. The Hall–Kier alpha value is -1.59. The molecule has 43 heavy (non-hydrogen) atoms. The van der Waals surface area contributed by atoms with Gasteiger partial charge in [0.2, 0.25) is 0 Å². The number of rotatable bonds is 9. The Labute approximate surface area is 261 Å². The summed E-state index contributed by atoms with van der Waals surface area (Å²) in [5.41, 5.74) is -1.33. The zero-order valence-corrected chi connectivity index (χ0v) is 28.5. The monoisotopic (exact) mass is 600 g/mol. The first kappa shape index (κ1) is 32.8. The average molecular weight is 601 g/mol. The van der Waals surface area contributed by atoms with Crippen LogP contribution < -0.4 is 0 Å². The summed E-state index contributed by atoms with van der Waals surface area (Å²) in [5, 5.41) is 0. The van der Waals surface area contributed by atoms with Crippen LogP contribution in [-0.4, -0.2) is 35.7 Å². The van der Waals surface area contributed by atoms with Gasteiger partial charge in [0.05, 0.1) is 10.8 Å². The summed E-state index contributed by atoms with van der Waals surface area (Å²) in [6.07, 6.45) is 16.8. The third-order valence-corrected chi connectivity index (χ3v) is 13.2. The minimum atomic E-state index is -0.560. The standard InChI is InChI=1S/C21H34O4.C16H26O2/c1-6-19(2,3)18(23)24-13-17(22)25-20(4,5)21-10-14-7-15(11-21)9-16(8-14)12-21;1-4-15(2,3)14(17)18-16-8-11-5-12(9-16)7-13(6-11)10-16/h14-16H,6-13H2,1-5H3;11-13H,4-10H2,1-3H3. The molecule has 0 aliphatic heterocycles. The summed E-state index contributed by atoms with van der Waals surface area (Å²) >= 11 is 0. The van der Waals surface area contributed by atoms with E-state index in [9.17, 15) is 14.4 Å². The van der Waals surface area contributed by atoms with E-state index < -0.39 is 17.0 Å². The van der Waals surface area contributed by atoms with E-state index in [-0.39, 0.29) is 35.0 Å². The maximum absolute atomic E-state index is 12.4. The fourth-order valence-electron chi connectivity index (χ4n) is 10.4. The van der Waals surface area contributed by atoms with E-state index in [1.165, 1.54) is 57.8 Å². The molecular formula is C37H60O6. The van der Waals surface area contributed by atoms with E-state index in [2.05, 4.69) is 20.8 Å². The summed E-state index contributed by atoms with van der Waals surface area (Å²) < 4.78 is 17.2. The van der Waals surface area contributed by atoms with Gasteiger partial charge in [-0.05, 0) is 167 Å². The van der Waals surface area contributed by atoms with Crippen LogP contribution in [0.5, 0.6) is 0 Å². The molecule has 0 radical (unpaired) electrons. The van der Waals surface area contributed by atoms with Gasteiger partial charge < -0.3 is 14.2 Å². The molecule has 0 spiro atoms. The highest BCUT2D eigenvalue weighted by molar-refractivity contribution is 5.80. The largest absolute Gasteiger partial charge is 0.459 e. The van der Waals surface area contributed by atoms with Crippen molar-refractivity contribution in [3.63, 3.8) is 0 Å². The Bertz CT molecular complexity index is 996. The molecule has 8 aliphatic rings. The van der Waals surface area contributed by atoms with Crippen LogP contribution in [0, 0.1) is 51.8 Å². The van der Waals surface area contributed by atoms with Gasteiger partial charge in [-0.1, -0.05) is 13.8 Å². The average Bonchev–Trinajstić information content (AvgIpc) is 2.90. The molecule has 8 bridgehead atoms. The van der Waals surface area contributed by atoms with Gasteiger partial charge in [0.1, 0.15) is 11.2 Å². The van der Waals surface area contributed by atoms with Crippen molar-refractivity contribution in [2.45, 2.75) is 156 Å². The van der Waals surface area contributed by atoms with Gasteiger partial charge in [-0.2, -0.15) is 0 Å². The second-order valence-electron chi connectivity index (χ2n) is 17.7. The van der Waals surface area contributed by atoms with Crippen molar-refractivity contribution < 1.29 is 28.6 Å². The van der Waals surface area contributed by atoms with Gasteiger partial charge in [-0.15, -0.1) is 0 Å². The lowest BCUT2D eigenvalue weighted by molar-refractivity contribution is -0.203. The normalized spacial score (nSPS) is 37.4. The van der Waals surface area contributed by atoms with Crippen molar-refractivity contribution >= 4 is 17.9 Å². The van der Waals surface area contributed by atoms with Crippen LogP contribution in [0.1, 0.15) is 145 Å². The van der Waals surface area contributed by atoms with Crippen molar-refractivity contribution in [3.8, 4) is 0 Å². The Balaban J connectivity index is 0.000000180. The zero-order chi connectivity index (χ0) is 31.4. The van der Waals surface area contributed by atoms with Crippen molar-refractivity contribution in [2.75, 3.05) is 6.61 Å². The molecular weight excluding hydrogens is 540 g/mol. The number of carbonyl (C=O) groups excluding carboxylic acids is 3. The third kappa shape index (κ3) is 6.69. The number of carbonyl (C=O) groups is 3. The Morgan fingerprint density at radius 3 is 1.37 bits per heavy atom. The van der Waals surface area contributed by atoms with E-state index in [1.54, 1.807) is 0 Å². The first-order valence-electron chi connectivity index (χ1n) is 17.6. The lowest BCUT2D eigenvalue weighted by Gasteiger charge is -2.61. The van der Waals surface area contributed by atoms with E-state index in [4.69, 9.17) is 14.2 Å². The molecule has 0 aromatic carbocycles. The number of hydrogen-bond acceptors (Lipinski definition) is 6. The van der Waals surface area contributed by atoms with E-state index in [0.717, 1.165) is 61.2 Å². The van der Waals surface area contributed by atoms with Gasteiger partial charge in [-0.3, -0.25) is 9.59 Å². The molecule has 0 heterocycles. The Morgan fingerprint density at radius 2 is 0.977 bits per heavy atom. The van der Waals surface area contributed by atoms with Gasteiger partial charge in [0.15, 0.2) is 6.61 Å². The van der Waals surface area contributed by atoms with Crippen molar-refractivity contribution in [2.24, 2.45) is 51.8 Å². The highest BCUT2D eigenvalue weighted by Gasteiger charge is 2.59. The molecule has 8 saturated carbocycles. The lowest BCUT2D eigenvalue weighted by Crippen LogP contribution is -2.57. The minimum absolute atomic E-state index is 0.0342. The Morgan fingerprint density at radius 1 is 0.605 bits per heavy atom. The zero-order valence-electron chi connectivity index (χ0n) is 28.5. The molecule has 0 aromatic rings. The molecule has 0 aromatic heterocycles. The molecule has 0 N–H and O–H groups in total. The van der Waals surface area contributed by atoms with Gasteiger partial charge in [0.25, 0.3) is 0 Å². The van der Waals surface area contributed by atoms with Crippen LogP contribution in [-0.2, 0) is 28.6 Å². The highest BCUT2D eigenvalue weighted by Crippen LogP contribution is 2.64. The van der Waals surface area contributed by atoms with Gasteiger partial charge in [0, 0.05) is 5.41 Å². The second-order valence-corrected chi connectivity index (χ2v) is 17.7. The summed E-state index contributed by atoms with van der Waals surface area (Å²) in [4.78, 5) is 36.8. The second kappa shape index (κ2) is 11.6. The highest BCUT2D eigenvalue weighted by atomic mass is 16.6. The van der Waals surface area contributed by atoms with Crippen LogP contribution in [0.3, 0.4) is 0 Å². The van der Waals surface area contributed by atoms with Crippen LogP contribution >= 0.6 is 0 Å². The smallest absolute Gasteiger partial charge is 0.344 e. The maximum atomic E-state index is 12.4. The Kier molecular flexibility index (Phi) is 8.88. The molecule has 8 fully saturated rings. The first-order valence-corrected chi connectivity index (χ1v) is 17.6. The molecule has 8 rings (SSSR count). The minimum Gasteiger partial charge on any atom is -0.459 e. The summed E-state index contributed by atoms with van der Waals surface area (Å²) in [5.74, 6) is 4.25. The van der Waals surface area contributed by atoms with Crippen LogP contribution in [0.2, 0.25) is 0 Å². The fraction of sp³-hybridized carbons (Fsp3) is 0.919. The number of esters is 3. The van der Waals surface area contributed by atoms with Crippen molar-refractivity contribution in [1.29, 1.82) is 0 Å². The first-order chi connectivity index (χ1) is 20.0. The van der Waals surface area contributed by atoms with E-state index >= 15 is 0 Å². The number of hydrogen-bond donors (Lipinski definition) is 0. The van der Waals surface area contributed by atoms with Crippen LogP contribution in [0.4, 0.5) is 0 Å². The van der Waals surface area contributed by atoms with Crippen LogP contribution in [0.15, 0.2) is 0 Å². The van der Waals surface area contributed by atoms with E-state index in [0.29, 0.717) is 6.42 Å². The van der Waals surface area contributed by atoms with Crippen molar-refractivity contribution in [1.82, 2.24) is 0 Å². The predicted molar refractivity (Wildman–Crippen MR) is 167 cm³/mol. The van der Waals surface area contributed by atoms with Gasteiger partial charge >= 0.3 is 17.9 Å². The predicted octanol–water partition coefficient (Wildman–Crippen LogP) is 8.44. The lowest BCUT2D eigenvalue weighted by atomic mass is 9.46. The maximum Gasteiger partial charge on any atom is 0.344 e. The molecule has 0 unspecified atom stereocenters.